The van der Waals surface area contributed by atoms with Crippen LogP contribution in [-0.4, -0.2) is 11.8 Å². The van der Waals surface area contributed by atoms with Crippen molar-refractivity contribution >= 4 is 45.0 Å². The van der Waals surface area contributed by atoms with E-state index >= 15 is 0 Å². The van der Waals surface area contributed by atoms with E-state index in [-0.39, 0.29) is 23.7 Å². The number of halogens is 2. The zero-order valence-electron chi connectivity index (χ0n) is 11.1. The van der Waals surface area contributed by atoms with Crippen LogP contribution in [0.1, 0.15) is 26.2 Å². The van der Waals surface area contributed by atoms with Gasteiger partial charge in [0.2, 0.25) is 11.8 Å². The average molecular weight is 357 g/mol. The lowest BCUT2D eigenvalue weighted by molar-refractivity contribution is -0.123. The molecule has 106 valence electrons. The highest BCUT2D eigenvalue weighted by molar-refractivity contribution is 9.10. The summed E-state index contributed by atoms with van der Waals surface area (Å²) in [6, 6.07) is 5.23. The minimum atomic E-state index is -0.150. The van der Waals surface area contributed by atoms with Crippen LogP contribution in [0.4, 0.5) is 5.69 Å². The monoisotopic (exact) mass is 355 g/mol. The summed E-state index contributed by atoms with van der Waals surface area (Å²) in [5.74, 6) is 0.0231. The third-order valence-electron chi connectivity index (χ3n) is 4.46. The lowest BCUT2D eigenvalue weighted by Gasteiger charge is -2.19. The Morgan fingerprint density at radius 3 is 2.40 bits per heavy atom. The van der Waals surface area contributed by atoms with Crippen LogP contribution >= 0.6 is 27.5 Å². The SMILES string of the molecule is CCC1CC2C(=O)N(c3cc(Br)ccc3Cl)C(=O)C2C1. The van der Waals surface area contributed by atoms with E-state index < -0.39 is 0 Å². The van der Waals surface area contributed by atoms with Crippen LogP contribution in [0.5, 0.6) is 0 Å². The van der Waals surface area contributed by atoms with Crippen molar-refractivity contribution in [2.24, 2.45) is 17.8 Å². The number of carbonyl (C=O) groups excluding carboxylic acids is 2. The first kappa shape index (κ1) is 14.1. The first-order valence-corrected chi connectivity index (χ1v) is 8.03. The molecule has 5 heteroatoms. The van der Waals surface area contributed by atoms with Gasteiger partial charge in [0.15, 0.2) is 0 Å². The number of amides is 2. The van der Waals surface area contributed by atoms with Gasteiger partial charge in [-0.05, 0) is 37.0 Å². The molecule has 0 bridgehead atoms. The summed E-state index contributed by atoms with van der Waals surface area (Å²) in [6.07, 6.45) is 2.69. The van der Waals surface area contributed by atoms with Gasteiger partial charge in [-0.2, -0.15) is 0 Å². The van der Waals surface area contributed by atoms with E-state index in [9.17, 15) is 9.59 Å². The number of hydrogen-bond acceptors (Lipinski definition) is 2. The first-order valence-electron chi connectivity index (χ1n) is 6.85. The summed E-state index contributed by atoms with van der Waals surface area (Å²) in [5.41, 5.74) is 0.499. The van der Waals surface area contributed by atoms with Gasteiger partial charge in [0.25, 0.3) is 0 Å². The molecular weight excluding hydrogens is 342 g/mol. The Bertz CT molecular complexity index is 565. The van der Waals surface area contributed by atoms with Crippen molar-refractivity contribution in [1.29, 1.82) is 0 Å². The molecule has 1 heterocycles. The minimum Gasteiger partial charge on any atom is -0.274 e. The van der Waals surface area contributed by atoms with Crippen molar-refractivity contribution in [1.82, 2.24) is 0 Å². The van der Waals surface area contributed by atoms with E-state index in [2.05, 4.69) is 22.9 Å². The molecule has 1 aromatic rings. The molecule has 1 aliphatic carbocycles. The second-order valence-electron chi connectivity index (χ2n) is 5.57. The quantitative estimate of drug-likeness (QED) is 0.750. The molecular formula is C15H15BrClNO2. The van der Waals surface area contributed by atoms with Gasteiger partial charge in [-0.25, -0.2) is 4.90 Å². The van der Waals surface area contributed by atoms with Crippen LogP contribution in [0, 0.1) is 17.8 Å². The smallest absolute Gasteiger partial charge is 0.237 e. The summed E-state index contributed by atoms with van der Waals surface area (Å²) in [5, 5.41) is 0.432. The van der Waals surface area contributed by atoms with Crippen LogP contribution < -0.4 is 4.90 Å². The Kier molecular flexibility index (Phi) is 3.63. The third-order valence-corrected chi connectivity index (χ3v) is 5.27. The van der Waals surface area contributed by atoms with Crippen LogP contribution in [0.3, 0.4) is 0 Å². The molecule has 2 amide bonds. The van der Waals surface area contributed by atoms with Gasteiger partial charge in [-0.3, -0.25) is 9.59 Å². The van der Waals surface area contributed by atoms with E-state index in [0.29, 0.717) is 16.6 Å². The van der Waals surface area contributed by atoms with Gasteiger partial charge in [0, 0.05) is 4.47 Å². The molecule has 3 nitrogen and oxygen atoms in total. The topological polar surface area (TPSA) is 37.4 Å². The van der Waals surface area contributed by atoms with E-state index in [4.69, 9.17) is 11.6 Å². The maximum Gasteiger partial charge on any atom is 0.237 e. The lowest BCUT2D eigenvalue weighted by Crippen LogP contribution is -2.32. The predicted molar refractivity (Wildman–Crippen MR) is 81.6 cm³/mol. The number of hydrogen-bond donors (Lipinski definition) is 0. The van der Waals surface area contributed by atoms with Crippen LogP contribution in [0.2, 0.25) is 5.02 Å². The van der Waals surface area contributed by atoms with Crippen molar-refractivity contribution in [3.05, 3.63) is 27.7 Å². The normalized spacial score (nSPS) is 29.1. The first-order chi connectivity index (χ1) is 9.52. The second-order valence-corrected chi connectivity index (χ2v) is 6.89. The highest BCUT2D eigenvalue weighted by atomic mass is 79.9. The van der Waals surface area contributed by atoms with Crippen molar-refractivity contribution in [3.8, 4) is 0 Å². The Morgan fingerprint density at radius 1 is 1.25 bits per heavy atom. The summed E-state index contributed by atoms with van der Waals surface area (Å²) in [7, 11) is 0. The van der Waals surface area contributed by atoms with Gasteiger partial charge in [0.05, 0.1) is 22.5 Å². The molecule has 0 spiro atoms. The molecule has 0 radical (unpaired) electrons. The number of anilines is 1. The largest absolute Gasteiger partial charge is 0.274 e. The van der Waals surface area contributed by atoms with Crippen molar-refractivity contribution in [2.75, 3.05) is 4.90 Å². The lowest BCUT2D eigenvalue weighted by atomic mass is 10.00. The summed E-state index contributed by atoms with van der Waals surface area (Å²) in [4.78, 5) is 26.4. The van der Waals surface area contributed by atoms with Crippen LogP contribution in [-0.2, 0) is 9.59 Å². The van der Waals surface area contributed by atoms with E-state index in [1.807, 2.05) is 0 Å². The molecule has 2 fully saturated rings. The molecule has 2 aliphatic rings. The fraction of sp³-hybridized carbons (Fsp3) is 0.467. The molecule has 20 heavy (non-hydrogen) atoms. The van der Waals surface area contributed by atoms with Crippen LogP contribution in [0.25, 0.3) is 0 Å². The fourth-order valence-corrected chi connectivity index (χ4v) is 3.91. The maximum atomic E-state index is 12.6. The van der Waals surface area contributed by atoms with E-state index in [1.54, 1.807) is 18.2 Å². The van der Waals surface area contributed by atoms with Gasteiger partial charge < -0.3 is 0 Å². The molecule has 1 saturated heterocycles. The molecule has 1 aromatic carbocycles. The molecule has 2 unspecified atom stereocenters. The Balaban J connectivity index is 1.96. The molecule has 0 aromatic heterocycles. The number of nitrogens with zero attached hydrogens (tertiary/aromatic N) is 1. The summed E-state index contributed by atoms with van der Waals surface area (Å²) < 4.78 is 0.806. The number of carbonyl (C=O) groups is 2. The number of rotatable bonds is 2. The van der Waals surface area contributed by atoms with E-state index in [0.717, 1.165) is 23.7 Å². The molecule has 1 saturated carbocycles. The van der Waals surface area contributed by atoms with Crippen molar-refractivity contribution in [3.63, 3.8) is 0 Å². The summed E-state index contributed by atoms with van der Waals surface area (Å²) >= 11 is 9.51. The highest BCUT2D eigenvalue weighted by Crippen LogP contribution is 2.46. The minimum absolute atomic E-state index is 0.0871. The van der Waals surface area contributed by atoms with Crippen molar-refractivity contribution in [2.45, 2.75) is 26.2 Å². The Labute approximate surface area is 131 Å². The van der Waals surface area contributed by atoms with Gasteiger partial charge >= 0.3 is 0 Å². The summed E-state index contributed by atoms with van der Waals surface area (Å²) in [6.45, 7) is 2.11. The van der Waals surface area contributed by atoms with Crippen molar-refractivity contribution < 1.29 is 9.59 Å². The Hall–Kier alpha value is -0.870. The van der Waals surface area contributed by atoms with E-state index in [1.165, 1.54) is 4.90 Å². The molecule has 0 N–H and O–H groups in total. The van der Waals surface area contributed by atoms with Crippen LogP contribution in [0.15, 0.2) is 22.7 Å². The Morgan fingerprint density at radius 2 is 1.85 bits per heavy atom. The number of imide groups is 1. The zero-order valence-corrected chi connectivity index (χ0v) is 13.4. The van der Waals surface area contributed by atoms with Gasteiger partial charge in [0.1, 0.15) is 0 Å². The zero-order chi connectivity index (χ0) is 14.4. The molecule has 2 atom stereocenters. The average Bonchev–Trinajstić information content (AvgIpc) is 2.94. The third kappa shape index (κ3) is 2.09. The second kappa shape index (κ2) is 5.15. The predicted octanol–water partition coefficient (Wildman–Crippen LogP) is 4.03. The standard InChI is InChI=1S/C15H15BrClNO2/c1-2-8-5-10-11(6-8)15(20)18(14(10)19)13-7-9(16)3-4-12(13)17/h3-4,7-8,10-11H,2,5-6H2,1H3. The highest BCUT2D eigenvalue weighted by Gasteiger charge is 2.53. The van der Waals surface area contributed by atoms with Gasteiger partial charge in [-0.15, -0.1) is 0 Å². The number of benzene rings is 1. The maximum absolute atomic E-state index is 12.6. The van der Waals surface area contributed by atoms with Gasteiger partial charge in [-0.1, -0.05) is 40.9 Å². The molecule has 1 aliphatic heterocycles. The fourth-order valence-electron chi connectivity index (χ4n) is 3.36. The molecule has 3 rings (SSSR count). The number of fused-ring (bicyclic) bond motifs is 1.